The van der Waals surface area contributed by atoms with Crippen LogP contribution in [0.3, 0.4) is 0 Å². The summed E-state index contributed by atoms with van der Waals surface area (Å²) in [5.74, 6) is 0. The van der Waals surface area contributed by atoms with Gasteiger partial charge in [-0.3, -0.25) is 0 Å². The lowest BCUT2D eigenvalue weighted by molar-refractivity contribution is 0.300. The highest BCUT2D eigenvalue weighted by molar-refractivity contribution is 5.83. The number of hydrogen-bond donors (Lipinski definition) is 2. The Labute approximate surface area is 77.2 Å². The van der Waals surface area contributed by atoms with Crippen LogP contribution in [0.5, 0.6) is 0 Å². The van der Waals surface area contributed by atoms with E-state index in [4.69, 9.17) is 5.11 Å². The first-order chi connectivity index (χ1) is 6.31. The number of nitrogens with one attached hydrogen (secondary N) is 1. The Kier molecular flexibility index (Phi) is 2.07. The minimum absolute atomic E-state index is 0.206. The zero-order valence-corrected chi connectivity index (χ0v) is 7.67. The van der Waals surface area contributed by atoms with Gasteiger partial charge in [0.1, 0.15) is 0 Å². The van der Waals surface area contributed by atoms with Gasteiger partial charge >= 0.3 is 0 Å². The molecule has 0 unspecified atom stereocenters. The first-order valence-corrected chi connectivity index (χ1v) is 4.49. The van der Waals surface area contributed by atoms with Gasteiger partial charge in [0.05, 0.1) is 0 Å². The topological polar surface area (TPSA) is 36.0 Å². The van der Waals surface area contributed by atoms with Gasteiger partial charge in [0.25, 0.3) is 0 Å². The van der Waals surface area contributed by atoms with Crippen LogP contribution in [0.25, 0.3) is 10.9 Å². The fourth-order valence-corrected chi connectivity index (χ4v) is 1.69. The molecule has 0 radical (unpaired) electrons. The summed E-state index contributed by atoms with van der Waals surface area (Å²) in [6.45, 7) is 2.25. The van der Waals surface area contributed by atoms with Gasteiger partial charge in [-0.05, 0) is 30.4 Å². The predicted octanol–water partition coefficient (Wildman–Crippen LogP) is 2.01. The number of hydrogen-bond acceptors (Lipinski definition) is 1. The number of aromatic nitrogens is 1. The second-order valence-corrected chi connectivity index (χ2v) is 3.31. The lowest BCUT2D eigenvalue weighted by atomic mass is 10.1. The van der Waals surface area contributed by atoms with Crippen molar-refractivity contribution in [1.82, 2.24) is 4.98 Å². The number of H-pyrrole nitrogens is 1. The van der Waals surface area contributed by atoms with E-state index < -0.39 is 0 Å². The molecule has 0 spiro atoms. The second kappa shape index (κ2) is 3.23. The lowest BCUT2D eigenvalue weighted by Gasteiger charge is -1.99. The summed E-state index contributed by atoms with van der Waals surface area (Å²) < 4.78 is 0. The molecule has 0 atom stereocenters. The van der Waals surface area contributed by atoms with E-state index in [0.717, 1.165) is 11.9 Å². The third-order valence-corrected chi connectivity index (χ3v) is 2.26. The van der Waals surface area contributed by atoms with Crippen LogP contribution < -0.4 is 0 Å². The first-order valence-electron chi connectivity index (χ1n) is 4.49. The van der Waals surface area contributed by atoms with Crippen molar-refractivity contribution in [3.63, 3.8) is 0 Å². The highest BCUT2D eigenvalue weighted by Crippen LogP contribution is 2.19. The first kappa shape index (κ1) is 8.32. The van der Waals surface area contributed by atoms with Gasteiger partial charge in [0.15, 0.2) is 0 Å². The van der Waals surface area contributed by atoms with Crippen LogP contribution in [0.1, 0.15) is 11.3 Å². The lowest BCUT2D eigenvalue weighted by Crippen LogP contribution is -1.91. The summed E-state index contributed by atoms with van der Waals surface area (Å²) in [6.07, 6.45) is 0.720. The predicted molar refractivity (Wildman–Crippen MR) is 53.8 cm³/mol. The molecule has 2 rings (SSSR count). The summed E-state index contributed by atoms with van der Waals surface area (Å²) in [5, 5.41) is 10.1. The molecule has 2 nitrogen and oxygen atoms in total. The normalized spacial score (nSPS) is 10.9. The zero-order valence-electron chi connectivity index (χ0n) is 7.67. The Hall–Kier alpha value is -1.28. The molecule has 0 amide bonds. The van der Waals surface area contributed by atoms with Crippen LogP contribution in [-0.2, 0) is 6.42 Å². The van der Waals surface area contributed by atoms with Crippen LogP contribution in [0, 0.1) is 6.92 Å². The zero-order chi connectivity index (χ0) is 9.26. The molecule has 0 aliphatic rings. The maximum atomic E-state index is 8.87. The van der Waals surface area contributed by atoms with Crippen LogP contribution >= 0.6 is 0 Å². The summed E-state index contributed by atoms with van der Waals surface area (Å²) in [6, 6.07) is 8.28. The van der Waals surface area contributed by atoms with E-state index in [-0.39, 0.29) is 6.61 Å². The highest BCUT2D eigenvalue weighted by Gasteiger charge is 2.01. The van der Waals surface area contributed by atoms with Crippen LogP contribution in [0.15, 0.2) is 24.3 Å². The largest absolute Gasteiger partial charge is 0.396 e. The SMILES string of the molecule is Cc1cc2cccc(CCO)c2[nH]1. The number of benzene rings is 1. The van der Waals surface area contributed by atoms with Gasteiger partial charge in [-0.15, -0.1) is 0 Å². The Balaban J connectivity index is 2.60. The Morgan fingerprint density at radius 2 is 2.23 bits per heavy atom. The minimum Gasteiger partial charge on any atom is -0.396 e. The van der Waals surface area contributed by atoms with Gasteiger partial charge in [-0.2, -0.15) is 0 Å². The Bertz CT molecular complexity index is 417. The quantitative estimate of drug-likeness (QED) is 0.719. The molecule has 68 valence electrons. The van der Waals surface area contributed by atoms with Gasteiger partial charge < -0.3 is 10.1 Å². The third kappa shape index (κ3) is 1.45. The number of fused-ring (bicyclic) bond motifs is 1. The van der Waals surface area contributed by atoms with E-state index in [1.807, 2.05) is 13.0 Å². The molecular formula is C11H13NO. The van der Waals surface area contributed by atoms with Crippen molar-refractivity contribution in [2.45, 2.75) is 13.3 Å². The van der Waals surface area contributed by atoms with Crippen LogP contribution in [0.4, 0.5) is 0 Å². The monoisotopic (exact) mass is 175 g/mol. The van der Waals surface area contributed by atoms with Crippen molar-refractivity contribution in [1.29, 1.82) is 0 Å². The number of aromatic amines is 1. The van der Waals surface area contributed by atoms with Crippen molar-refractivity contribution >= 4 is 10.9 Å². The summed E-state index contributed by atoms with van der Waals surface area (Å²) in [7, 11) is 0. The van der Waals surface area contributed by atoms with Crippen molar-refractivity contribution in [2.24, 2.45) is 0 Å². The van der Waals surface area contributed by atoms with Crippen LogP contribution in [-0.4, -0.2) is 16.7 Å². The fraction of sp³-hybridized carbons (Fsp3) is 0.273. The molecule has 2 heteroatoms. The summed E-state index contributed by atoms with van der Waals surface area (Å²) >= 11 is 0. The van der Waals surface area contributed by atoms with Gasteiger partial charge in [0, 0.05) is 17.8 Å². The summed E-state index contributed by atoms with van der Waals surface area (Å²) in [5.41, 5.74) is 3.52. The summed E-state index contributed by atoms with van der Waals surface area (Å²) in [4.78, 5) is 3.30. The third-order valence-electron chi connectivity index (χ3n) is 2.26. The van der Waals surface area contributed by atoms with Crippen molar-refractivity contribution in [2.75, 3.05) is 6.61 Å². The molecule has 0 aliphatic carbocycles. The number of para-hydroxylation sites is 1. The molecule has 2 N–H and O–H groups in total. The Morgan fingerprint density at radius 3 is 3.00 bits per heavy atom. The highest BCUT2D eigenvalue weighted by atomic mass is 16.2. The van der Waals surface area contributed by atoms with Crippen molar-refractivity contribution in [3.05, 3.63) is 35.5 Å². The maximum Gasteiger partial charge on any atom is 0.0489 e. The molecule has 0 saturated heterocycles. The average Bonchev–Trinajstić information content (AvgIpc) is 2.47. The molecular weight excluding hydrogens is 162 g/mol. The molecule has 1 aromatic carbocycles. The molecule has 1 heterocycles. The van der Waals surface area contributed by atoms with E-state index in [1.54, 1.807) is 0 Å². The standard InChI is InChI=1S/C11H13NO/c1-8-7-10-4-2-3-9(5-6-13)11(10)12-8/h2-4,7,12-13H,5-6H2,1H3. The molecule has 2 aromatic rings. The van der Waals surface area contributed by atoms with Crippen LogP contribution in [0.2, 0.25) is 0 Å². The van der Waals surface area contributed by atoms with Crippen molar-refractivity contribution in [3.8, 4) is 0 Å². The number of rotatable bonds is 2. The molecule has 0 fully saturated rings. The molecule has 0 saturated carbocycles. The number of aryl methyl sites for hydroxylation is 1. The smallest absolute Gasteiger partial charge is 0.0489 e. The van der Waals surface area contributed by atoms with Gasteiger partial charge in [-0.25, -0.2) is 0 Å². The molecule has 13 heavy (non-hydrogen) atoms. The van der Waals surface area contributed by atoms with E-state index >= 15 is 0 Å². The Morgan fingerprint density at radius 1 is 1.38 bits per heavy atom. The van der Waals surface area contributed by atoms with Gasteiger partial charge in [-0.1, -0.05) is 18.2 Å². The molecule has 1 aromatic heterocycles. The average molecular weight is 175 g/mol. The number of aliphatic hydroxyl groups is 1. The van der Waals surface area contributed by atoms with E-state index in [0.29, 0.717) is 0 Å². The van der Waals surface area contributed by atoms with Gasteiger partial charge in [0.2, 0.25) is 0 Å². The second-order valence-electron chi connectivity index (χ2n) is 3.31. The minimum atomic E-state index is 0.206. The molecule has 0 bridgehead atoms. The maximum absolute atomic E-state index is 8.87. The van der Waals surface area contributed by atoms with E-state index in [9.17, 15) is 0 Å². The van der Waals surface area contributed by atoms with E-state index in [2.05, 4.69) is 23.2 Å². The van der Waals surface area contributed by atoms with E-state index in [1.165, 1.54) is 16.6 Å². The number of aliphatic hydroxyl groups excluding tert-OH is 1. The molecule has 0 aliphatic heterocycles. The fourth-order valence-electron chi connectivity index (χ4n) is 1.69. The van der Waals surface area contributed by atoms with Crippen molar-refractivity contribution < 1.29 is 5.11 Å².